The molecule has 0 fully saturated rings. The van der Waals surface area contributed by atoms with E-state index in [2.05, 4.69) is 0 Å². The summed E-state index contributed by atoms with van der Waals surface area (Å²) in [6.07, 6.45) is 0. The molecule has 1 aromatic carbocycles. The van der Waals surface area contributed by atoms with Crippen LogP contribution in [0.5, 0.6) is 0 Å². The maximum absolute atomic E-state index is 10.3. The molecule has 0 saturated heterocycles. The maximum atomic E-state index is 10.3. The zero-order valence-electron chi connectivity index (χ0n) is 7.65. The average molecular weight is 189 g/mol. The fourth-order valence-electron chi connectivity index (χ4n) is 0.839. The molecule has 62 valence electrons. The Bertz CT molecular complexity index is 307. The van der Waals surface area contributed by atoms with E-state index in [1.807, 2.05) is 0 Å². The second-order valence-electron chi connectivity index (χ2n) is 2.12. The number of carbonyl (C=O) groups is 2. The number of benzene rings is 1. The van der Waals surface area contributed by atoms with Crippen LogP contribution in [0.15, 0.2) is 24.3 Å². The van der Waals surface area contributed by atoms with E-state index in [0.29, 0.717) is 0 Å². The van der Waals surface area contributed by atoms with Crippen LogP contribution >= 0.6 is 0 Å². The predicted molar refractivity (Wildman–Crippen MR) is 42.0 cm³/mol. The summed E-state index contributed by atoms with van der Waals surface area (Å²) in [6, 6.07) is 5.14. The van der Waals surface area contributed by atoms with E-state index in [0.717, 1.165) is 12.1 Å². The van der Waals surface area contributed by atoms with Crippen molar-refractivity contribution in [3.8, 4) is 0 Å². The molecule has 0 N–H and O–H groups in total. The third-order valence-electron chi connectivity index (χ3n) is 1.37. The maximum Gasteiger partial charge on any atom is 2.00 e. The quantitative estimate of drug-likeness (QED) is 0.511. The summed E-state index contributed by atoms with van der Waals surface area (Å²) in [5, 5.41) is 20.6. The van der Waals surface area contributed by atoms with E-state index in [1.54, 1.807) is 0 Å². The van der Waals surface area contributed by atoms with Crippen LogP contribution in [0, 0.1) is 0 Å². The molecule has 0 unspecified atom stereocenters. The Kier molecular flexibility index (Phi) is 4.43. The molecule has 0 aromatic heterocycles. The van der Waals surface area contributed by atoms with Gasteiger partial charge >= 0.3 is 24.5 Å². The Morgan fingerprint density at radius 1 is 1.00 bits per heavy atom. The first-order valence-corrected chi connectivity index (χ1v) is 3.14. The van der Waals surface area contributed by atoms with Gasteiger partial charge in [-0.1, -0.05) is 24.3 Å². The minimum Gasteiger partial charge on any atom is -0.545 e. The van der Waals surface area contributed by atoms with Crippen LogP contribution in [0.2, 0.25) is 0 Å². The molecule has 4 nitrogen and oxygen atoms in total. The summed E-state index contributed by atoms with van der Waals surface area (Å²) in [7, 11) is 0. The van der Waals surface area contributed by atoms with Crippen LogP contribution in [0.3, 0.4) is 0 Å². The van der Waals surface area contributed by atoms with Gasteiger partial charge in [0.15, 0.2) is 0 Å². The summed E-state index contributed by atoms with van der Waals surface area (Å²) < 4.78 is 0. The van der Waals surface area contributed by atoms with Gasteiger partial charge in [-0.15, -0.1) is 0 Å². The zero-order valence-corrected chi connectivity index (χ0v) is 8.06. The molecule has 13 heavy (non-hydrogen) atoms. The molecule has 0 heterocycles. The van der Waals surface area contributed by atoms with Crippen LogP contribution in [0.1, 0.15) is 22.1 Å². The van der Waals surface area contributed by atoms with Gasteiger partial charge in [0.05, 0.1) is 11.9 Å². The number of carboxylic acids is 2. The number of aromatic carboxylic acids is 2. The molecular weight excluding hydrogens is 184 g/mol. The number of hydrogen-bond donors (Lipinski definition) is 0. The van der Waals surface area contributed by atoms with Gasteiger partial charge in [0, 0.05) is 11.1 Å². The average Bonchev–Trinajstić information content (AvgIpc) is 2.04. The molecule has 1 rings (SSSR count). The monoisotopic (exact) mass is 189 g/mol. The summed E-state index contributed by atoms with van der Waals surface area (Å²) in [5.41, 5.74) is -0.727. The molecular formula is C8H5MgO4+. The third kappa shape index (κ3) is 2.71. The molecule has 0 radical (unpaired) electrons. The van der Waals surface area contributed by atoms with Gasteiger partial charge in [0.1, 0.15) is 0 Å². The summed E-state index contributed by atoms with van der Waals surface area (Å²) in [6.45, 7) is 0. The predicted octanol–water partition coefficient (Wildman–Crippen LogP) is -1.85. The Labute approximate surface area is 91.8 Å². The zero-order chi connectivity index (χ0) is 9.14. The van der Waals surface area contributed by atoms with Crippen LogP contribution in [-0.2, 0) is 0 Å². The molecule has 0 amide bonds. The van der Waals surface area contributed by atoms with Gasteiger partial charge in [-0.2, -0.15) is 0 Å². The molecule has 0 saturated carbocycles. The van der Waals surface area contributed by atoms with Crippen LogP contribution in [0.4, 0.5) is 0 Å². The standard InChI is InChI=1S/C8H6O4.Mg/c9-7(10)5-3-1-2-4-6(5)8(11)12;/h1-4H,(H,9,10)(H,11,12);/q;+2/p-1. The Morgan fingerprint density at radius 2 is 1.31 bits per heavy atom. The number of carbonyl (C=O) groups excluding carboxylic acids is 2. The van der Waals surface area contributed by atoms with Crippen LogP contribution < -0.4 is 10.2 Å². The van der Waals surface area contributed by atoms with Gasteiger partial charge in [0.25, 0.3) is 0 Å². The summed E-state index contributed by atoms with van der Waals surface area (Å²) in [4.78, 5) is 20.6. The van der Waals surface area contributed by atoms with Crippen molar-refractivity contribution in [2.24, 2.45) is 0 Å². The third-order valence-corrected chi connectivity index (χ3v) is 1.37. The molecule has 1 aromatic rings. The molecule has 0 bridgehead atoms. The van der Waals surface area contributed by atoms with Gasteiger partial charge < -0.3 is 19.8 Å². The van der Waals surface area contributed by atoms with E-state index >= 15 is 0 Å². The van der Waals surface area contributed by atoms with E-state index < -0.39 is 11.9 Å². The second-order valence-corrected chi connectivity index (χ2v) is 2.12. The summed E-state index contributed by atoms with van der Waals surface area (Å²) in [5.74, 6) is -3.04. The van der Waals surface area contributed by atoms with E-state index in [9.17, 15) is 19.8 Å². The van der Waals surface area contributed by atoms with Crippen molar-refractivity contribution in [1.82, 2.24) is 0 Å². The molecule has 5 heteroatoms. The SMILES string of the molecule is O=C([O-])c1ccccc1C(=O)[O-].[H+].[Mg+2]. The fourth-order valence-corrected chi connectivity index (χ4v) is 0.839. The van der Waals surface area contributed by atoms with E-state index in [1.165, 1.54) is 12.1 Å². The van der Waals surface area contributed by atoms with Crippen LogP contribution in [0.25, 0.3) is 0 Å². The number of hydrogen-bond acceptors (Lipinski definition) is 4. The van der Waals surface area contributed by atoms with E-state index in [-0.39, 0.29) is 35.6 Å². The van der Waals surface area contributed by atoms with E-state index in [4.69, 9.17) is 0 Å². The second kappa shape index (κ2) is 4.83. The first-order chi connectivity index (χ1) is 5.63. The van der Waals surface area contributed by atoms with Crippen molar-refractivity contribution in [3.63, 3.8) is 0 Å². The smallest absolute Gasteiger partial charge is 0.545 e. The summed E-state index contributed by atoms with van der Waals surface area (Å²) >= 11 is 0. The van der Waals surface area contributed by atoms with Gasteiger partial charge in [0.2, 0.25) is 0 Å². The molecule has 0 aliphatic rings. The largest absolute Gasteiger partial charge is 2.00 e. The number of rotatable bonds is 2. The van der Waals surface area contributed by atoms with Crippen molar-refractivity contribution in [2.75, 3.05) is 0 Å². The molecule has 0 atom stereocenters. The minimum absolute atomic E-state index is 0. The van der Waals surface area contributed by atoms with Crippen molar-refractivity contribution < 1.29 is 21.2 Å². The number of carboxylic acid groups (broad SMARTS) is 2. The van der Waals surface area contributed by atoms with Crippen LogP contribution in [-0.4, -0.2) is 35.0 Å². The van der Waals surface area contributed by atoms with Crippen molar-refractivity contribution in [2.45, 2.75) is 0 Å². The first-order valence-electron chi connectivity index (χ1n) is 3.14. The van der Waals surface area contributed by atoms with Crippen molar-refractivity contribution in [1.29, 1.82) is 0 Å². The fraction of sp³-hybridized carbons (Fsp3) is 0. The first kappa shape index (κ1) is 11.9. The normalized spacial score (nSPS) is 8.62. The van der Waals surface area contributed by atoms with Gasteiger partial charge in [-0.25, -0.2) is 0 Å². The van der Waals surface area contributed by atoms with Gasteiger partial charge in [-0.3, -0.25) is 0 Å². The topological polar surface area (TPSA) is 80.3 Å². The minimum atomic E-state index is -1.52. The Balaban J connectivity index is 0. The molecule has 0 aliphatic heterocycles. The molecule has 0 aliphatic carbocycles. The Morgan fingerprint density at radius 3 is 1.54 bits per heavy atom. The van der Waals surface area contributed by atoms with Gasteiger partial charge in [-0.05, 0) is 0 Å². The van der Waals surface area contributed by atoms with Crippen molar-refractivity contribution >= 4 is 35.0 Å². The Hall–Kier alpha value is -1.07. The van der Waals surface area contributed by atoms with Crippen molar-refractivity contribution in [3.05, 3.63) is 35.4 Å². The molecule has 0 spiro atoms.